The molecule has 0 heterocycles. The van der Waals surface area contributed by atoms with E-state index >= 15 is 0 Å². The Morgan fingerprint density at radius 2 is 1.48 bits per heavy atom. The zero-order valence-corrected chi connectivity index (χ0v) is 21.3. The van der Waals surface area contributed by atoms with Gasteiger partial charge in [0.1, 0.15) is 6.10 Å². The average molecular weight is 449 g/mol. The van der Waals surface area contributed by atoms with E-state index in [0.717, 1.165) is 24.8 Å². The van der Waals surface area contributed by atoms with E-state index in [2.05, 4.69) is 52.0 Å². The van der Waals surface area contributed by atoms with Crippen molar-refractivity contribution >= 4 is 5.97 Å². The van der Waals surface area contributed by atoms with Gasteiger partial charge in [-0.3, -0.25) is 0 Å². The van der Waals surface area contributed by atoms with Crippen molar-refractivity contribution in [1.82, 2.24) is 0 Å². The third-order valence-electron chi connectivity index (χ3n) is 7.45. The molecule has 0 aromatic heterocycles. The van der Waals surface area contributed by atoms with E-state index in [-0.39, 0.29) is 12.1 Å². The zero-order chi connectivity index (χ0) is 23.6. The zero-order valence-electron chi connectivity index (χ0n) is 21.3. The Morgan fingerprint density at radius 1 is 0.879 bits per heavy atom. The molecule has 33 heavy (non-hydrogen) atoms. The number of carbonyl (C=O) groups is 1. The lowest BCUT2D eigenvalue weighted by molar-refractivity contribution is -0.0174. The molecule has 0 N–H and O–H groups in total. The van der Waals surface area contributed by atoms with Crippen LogP contribution < -0.4 is 0 Å². The van der Waals surface area contributed by atoms with Crippen LogP contribution in [0.4, 0.5) is 0 Å². The predicted octanol–water partition coefficient (Wildman–Crippen LogP) is 8.87. The summed E-state index contributed by atoms with van der Waals surface area (Å²) in [7, 11) is 0. The van der Waals surface area contributed by atoms with E-state index in [1.165, 1.54) is 56.1 Å². The van der Waals surface area contributed by atoms with Gasteiger partial charge >= 0.3 is 5.97 Å². The van der Waals surface area contributed by atoms with E-state index in [1.54, 1.807) is 0 Å². The van der Waals surface area contributed by atoms with Gasteiger partial charge in [-0.25, -0.2) is 4.79 Å². The SMILES string of the molecule is CCCCCCCCc1ccc(-c2ccc(C(=O)OC3CC(C)CCC3C(C)C)cc2)cc1. The molecule has 180 valence electrons. The van der Waals surface area contributed by atoms with E-state index in [1.807, 2.05) is 24.3 Å². The van der Waals surface area contributed by atoms with E-state index < -0.39 is 0 Å². The lowest BCUT2D eigenvalue weighted by Gasteiger charge is -2.36. The minimum Gasteiger partial charge on any atom is -0.458 e. The Morgan fingerprint density at radius 3 is 2.12 bits per heavy atom. The van der Waals surface area contributed by atoms with Gasteiger partial charge in [0.2, 0.25) is 0 Å². The number of ether oxygens (including phenoxy) is 1. The number of hydrogen-bond donors (Lipinski definition) is 0. The van der Waals surface area contributed by atoms with Crippen molar-refractivity contribution in [3.63, 3.8) is 0 Å². The van der Waals surface area contributed by atoms with Crippen LogP contribution in [-0.4, -0.2) is 12.1 Å². The van der Waals surface area contributed by atoms with Gasteiger partial charge < -0.3 is 4.74 Å². The van der Waals surface area contributed by atoms with Crippen LogP contribution >= 0.6 is 0 Å². The minimum absolute atomic E-state index is 0.0418. The molecule has 0 saturated heterocycles. The van der Waals surface area contributed by atoms with Gasteiger partial charge in [-0.2, -0.15) is 0 Å². The fourth-order valence-corrected chi connectivity index (χ4v) is 5.23. The molecule has 0 amide bonds. The first-order valence-corrected chi connectivity index (χ1v) is 13.4. The molecule has 2 aromatic carbocycles. The second kappa shape index (κ2) is 13.0. The highest BCUT2D eigenvalue weighted by Crippen LogP contribution is 2.35. The van der Waals surface area contributed by atoms with Crippen molar-refractivity contribution in [1.29, 1.82) is 0 Å². The molecule has 0 aliphatic heterocycles. The molecular formula is C31H44O2. The summed E-state index contributed by atoms with van der Waals surface area (Å²) in [5.74, 6) is 1.46. The molecule has 0 spiro atoms. The van der Waals surface area contributed by atoms with Gasteiger partial charge in [0, 0.05) is 0 Å². The summed E-state index contributed by atoms with van der Waals surface area (Å²) < 4.78 is 6.01. The van der Waals surface area contributed by atoms with Crippen molar-refractivity contribution in [3.05, 3.63) is 59.7 Å². The molecule has 1 saturated carbocycles. The molecule has 1 aliphatic rings. The fraction of sp³-hybridized carbons (Fsp3) is 0.581. The molecule has 2 heteroatoms. The van der Waals surface area contributed by atoms with E-state index in [4.69, 9.17) is 4.74 Å². The number of rotatable bonds is 11. The quantitative estimate of drug-likeness (QED) is 0.253. The van der Waals surface area contributed by atoms with E-state index in [9.17, 15) is 4.79 Å². The Hall–Kier alpha value is -2.09. The Bertz CT molecular complexity index is 834. The largest absolute Gasteiger partial charge is 0.458 e. The molecule has 3 rings (SSSR count). The summed E-state index contributed by atoms with van der Waals surface area (Å²) in [4.78, 5) is 12.8. The highest BCUT2D eigenvalue weighted by atomic mass is 16.5. The van der Waals surface area contributed by atoms with Gasteiger partial charge in [-0.15, -0.1) is 0 Å². The first kappa shape index (κ1) is 25.5. The van der Waals surface area contributed by atoms with Crippen LogP contribution in [0.15, 0.2) is 48.5 Å². The van der Waals surface area contributed by atoms with Crippen LogP contribution in [0.2, 0.25) is 0 Å². The van der Waals surface area contributed by atoms with Crippen molar-refractivity contribution in [2.45, 2.75) is 98.0 Å². The van der Waals surface area contributed by atoms with Crippen molar-refractivity contribution < 1.29 is 9.53 Å². The lowest BCUT2D eigenvalue weighted by atomic mass is 9.75. The first-order chi connectivity index (χ1) is 16.0. The third-order valence-corrected chi connectivity index (χ3v) is 7.45. The summed E-state index contributed by atoms with van der Waals surface area (Å²) in [6.45, 7) is 9.02. The van der Waals surface area contributed by atoms with Gasteiger partial charge in [-0.1, -0.05) is 103 Å². The summed E-state index contributed by atoms with van der Waals surface area (Å²) >= 11 is 0. The van der Waals surface area contributed by atoms with Crippen LogP contribution in [0.3, 0.4) is 0 Å². The molecule has 0 radical (unpaired) electrons. The maximum Gasteiger partial charge on any atom is 0.338 e. The van der Waals surface area contributed by atoms with Gasteiger partial charge in [-0.05, 0) is 72.3 Å². The van der Waals surface area contributed by atoms with Crippen LogP contribution in [0.25, 0.3) is 11.1 Å². The van der Waals surface area contributed by atoms with Gasteiger partial charge in [0.05, 0.1) is 5.56 Å². The van der Waals surface area contributed by atoms with Crippen LogP contribution in [0, 0.1) is 17.8 Å². The normalized spacial score (nSPS) is 20.7. The summed E-state index contributed by atoms with van der Waals surface area (Å²) in [5.41, 5.74) is 4.40. The first-order valence-electron chi connectivity index (χ1n) is 13.4. The molecule has 3 atom stereocenters. The summed E-state index contributed by atoms with van der Waals surface area (Å²) in [6, 6.07) is 16.8. The second-order valence-corrected chi connectivity index (χ2v) is 10.6. The number of unbranched alkanes of at least 4 members (excludes halogenated alkanes) is 5. The van der Waals surface area contributed by atoms with Crippen molar-refractivity contribution in [2.75, 3.05) is 0 Å². The van der Waals surface area contributed by atoms with Gasteiger partial charge in [0.25, 0.3) is 0 Å². The minimum atomic E-state index is -0.180. The number of esters is 1. The smallest absolute Gasteiger partial charge is 0.338 e. The summed E-state index contributed by atoms with van der Waals surface area (Å²) in [5, 5.41) is 0. The van der Waals surface area contributed by atoms with Crippen LogP contribution in [-0.2, 0) is 11.2 Å². The predicted molar refractivity (Wildman–Crippen MR) is 140 cm³/mol. The van der Waals surface area contributed by atoms with Gasteiger partial charge in [0.15, 0.2) is 0 Å². The third kappa shape index (κ3) is 7.73. The lowest BCUT2D eigenvalue weighted by Crippen LogP contribution is -2.35. The topological polar surface area (TPSA) is 26.3 Å². The monoisotopic (exact) mass is 448 g/mol. The fourth-order valence-electron chi connectivity index (χ4n) is 5.23. The van der Waals surface area contributed by atoms with Crippen LogP contribution in [0.1, 0.15) is 101 Å². The number of aryl methyl sites for hydroxylation is 1. The van der Waals surface area contributed by atoms with E-state index in [0.29, 0.717) is 23.3 Å². The maximum absolute atomic E-state index is 12.8. The number of carbonyl (C=O) groups excluding carboxylic acids is 1. The molecule has 1 aliphatic carbocycles. The summed E-state index contributed by atoms with van der Waals surface area (Å²) in [6.07, 6.45) is 12.6. The van der Waals surface area contributed by atoms with Crippen molar-refractivity contribution in [3.8, 4) is 11.1 Å². The number of benzene rings is 2. The molecule has 2 aromatic rings. The second-order valence-electron chi connectivity index (χ2n) is 10.6. The molecule has 0 bridgehead atoms. The molecule has 3 unspecified atom stereocenters. The Balaban J connectivity index is 1.53. The Kier molecular flexibility index (Phi) is 10.0. The molecular weight excluding hydrogens is 404 g/mol. The van der Waals surface area contributed by atoms with Crippen molar-refractivity contribution in [2.24, 2.45) is 17.8 Å². The highest BCUT2D eigenvalue weighted by molar-refractivity contribution is 5.90. The Labute approximate surface area is 202 Å². The molecule has 1 fully saturated rings. The number of hydrogen-bond acceptors (Lipinski definition) is 2. The molecule has 2 nitrogen and oxygen atoms in total. The standard InChI is InChI=1S/C31H44O2/c1-5-6-7-8-9-10-11-25-13-15-26(16-14-25)27-17-19-28(20-18-27)31(32)33-30-22-24(4)12-21-29(30)23(2)3/h13-20,23-24,29-30H,5-12,21-22H2,1-4H3. The highest BCUT2D eigenvalue weighted by Gasteiger charge is 2.33. The average Bonchev–Trinajstić information content (AvgIpc) is 2.81. The van der Waals surface area contributed by atoms with Crippen LogP contribution in [0.5, 0.6) is 0 Å². The maximum atomic E-state index is 12.8.